The summed E-state index contributed by atoms with van der Waals surface area (Å²) in [6.07, 6.45) is 0. The summed E-state index contributed by atoms with van der Waals surface area (Å²) < 4.78 is 1.66. The van der Waals surface area contributed by atoms with Gasteiger partial charge in [-0.05, 0) is 55.0 Å². The van der Waals surface area contributed by atoms with Gasteiger partial charge in [-0.3, -0.25) is 0 Å². The molecule has 1 aromatic heterocycles. The number of aromatic nitrogens is 2. The number of nitrogens with zero attached hydrogens (tertiary/aromatic N) is 2. The summed E-state index contributed by atoms with van der Waals surface area (Å²) in [5.41, 5.74) is 7.00. The highest BCUT2D eigenvalue weighted by Crippen LogP contribution is 2.40. The van der Waals surface area contributed by atoms with E-state index in [4.69, 9.17) is 5.10 Å². The van der Waals surface area contributed by atoms with Gasteiger partial charge >= 0.3 is 0 Å². The van der Waals surface area contributed by atoms with E-state index < -0.39 is 0 Å². The number of aryl methyl sites for hydroxylation is 3. The Morgan fingerprint density at radius 3 is 2.16 bits per heavy atom. The molecule has 1 heterocycles. The van der Waals surface area contributed by atoms with Crippen molar-refractivity contribution in [3.8, 4) is 22.8 Å². The maximum absolute atomic E-state index is 11.0. The second-order valence-corrected chi connectivity index (χ2v) is 7.79. The molecule has 1 N–H and O–H groups in total. The molecule has 3 rings (SSSR count). The van der Waals surface area contributed by atoms with Crippen LogP contribution >= 0.6 is 0 Å². The summed E-state index contributed by atoms with van der Waals surface area (Å²) in [5, 5.41) is 15.8. The van der Waals surface area contributed by atoms with Crippen LogP contribution in [0.25, 0.3) is 16.9 Å². The Labute approximate surface area is 150 Å². The molecule has 0 unspecified atom stereocenters. The van der Waals surface area contributed by atoms with Crippen molar-refractivity contribution in [2.24, 2.45) is 0 Å². The van der Waals surface area contributed by atoms with Gasteiger partial charge in [0.25, 0.3) is 0 Å². The molecule has 0 spiro atoms. The molecule has 130 valence electrons. The lowest BCUT2D eigenvalue weighted by Crippen LogP contribution is -2.12. The van der Waals surface area contributed by atoms with Crippen LogP contribution in [0.5, 0.6) is 5.88 Å². The van der Waals surface area contributed by atoms with Gasteiger partial charge in [0.15, 0.2) is 0 Å². The zero-order chi connectivity index (χ0) is 18.4. The molecule has 0 aliphatic heterocycles. The van der Waals surface area contributed by atoms with E-state index in [1.54, 1.807) is 4.68 Å². The summed E-state index contributed by atoms with van der Waals surface area (Å²) in [4.78, 5) is 0. The van der Waals surface area contributed by atoms with Crippen LogP contribution in [0.3, 0.4) is 0 Å². The van der Waals surface area contributed by atoms with Gasteiger partial charge in [-0.15, -0.1) is 0 Å². The van der Waals surface area contributed by atoms with Crippen molar-refractivity contribution in [3.05, 3.63) is 64.7 Å². The Balaban J connectivity index is 2.29. The van der Waals surface area contributed by atoms with Crippen LogP contribution in [0, 0.1) is 20.8 Å². The lowest BCUT2D eigenvalue weighted by atomic mass is 9.84. The van der Waals surface area contributed by atoms with Gasteiger partial charge in [-0.1, -0.05) is 51.1 Å². The molecule has 0 saturated carbocycles. The topological polar surface area (TPSA) is 38.0 Å². The van der Waals surface area contributed by atoms with Crippen molar-refractivity contribution < 1.29 is 5.11 Å². The maximum atomic E-state index is 11.0. The summed E-state index contributed by atoms with van der Waals surface area (Å²) in [7, 11) is 0. The van der Waals surface area contributed by atoms with E-state index in [0.29, 0.717) is 0 Å². The van der Waals surface area contributed by atoms with E-state index in [2.05, 4.69) is 65.8 Å². The molecule has 0 amide bonds. The van der Waals surface area contributed by atoms with Crippen molar-refractivity contribution in [1.29, 1.82) is 0 Å². The second kappa shape index (κ2) is 6.07. The van der Waals surface area contributed by atoms with E-state index in [9.17, 15) is 5.11 Å². The number of aromatic hydroxyl groups is 1. The summed E-state index contributed by atoms with van der Waals surface area (Å²) >= 11 is 0. The van der Waals surface area contributed by atoms with Gasteiger partial charge in [0.05, 0.1) is 5.69 Å². The van der Waals surface area contributed by atoms with Crippen molar-refractivity contribution >= 4 is 0 Å². The highest BCUT2D eigenvalue weighted by molar-refractivity contribution is 5.71. The molecule has 25 heavy (non-hydrogen) atoms. The largest absolute Gasteiger partial charge is 0.493 e. The van der Waals surface area contributed by atoms with Crippen LogP contribution in [0.2, 0.25) is 0 Å². The van der Waals surface area contributed by atoms with Gasteiger partial charge in [0, 0.05) is 11.1 Å². The Bertz CT molecular complexity index is 930. The highest BCUT2D eigenvalue weighted by atomic mass is 16.3. The fourth-order valence-electron chi connectivity index (χ4n) is 3.16. The standard InChI is InChI=1S/C22H26N2O/c1-14-11-12-17(13-16(14)3)24-21(25)19(22(4,5)6)20(23-24)18-10-8-7-9-15(18)2/h7-13,25H,1-6H3. The van der Waals surface area contributed by atoms with Gasteiger partial charge in [-0.25, -0.2) is 4.68 Å². The van der Waals surface area contributed by atoms with Crippen LogP contribution in [0.4, 0.5) is 0 Å². The molecule has 0 aliphatic carbocycles. The Hall–Kier alpha value is -2.55. The van der Waals surface area contributed by atoms with Crippen molar-refractivity contribution in [3.63, 3.8) is 0 Å². The van der Waals surface area contributed by atoms with E-state index in [0.717, 1.165) is 28.1 Å². The molecular weight excluding hydrogens is 308 g/mol. The predicted octanol–water partition coefficient (Wildman–Crippen LogP) is 5.47. The lowest BCUT2D eigenvalue weighted by molar-refractivity contribution is 0.414. The average molecular weight is 334 g/mol. The Kier molecular flexibility index (Phi) is 4.19. The first-order valence-corrected chi connectivity index (χ1v) is 8.66. The van der Waals surface area contributed by atoms with Gasteiger partial charge in [0.2, 0.25) is 5.88 Å². The number of hydrogen-bond acceptors (Lipinski definition) is 2. The third kappa shape index (κ3) is 3.07. The van der Waals surface area contributed by atoms with Crippen LogP contribution in [0.15, 0.2) is 42.5 Å². The Morgan fingerprint density at radius 2 is 1.56 bits per heavy atom. The first-order valence-electron chi connectivity index (χ1n) is 8.66. The summed E-state index contributed by atoms with van der Waals surface area (Å²) in [6, 6.07) is 14.3. The summed E-state index contributed by atoms with van der Waals surface area (Å²) in [6.45, 7) is 12.6. The highest BCUT2D eigenvalue weighted by Gasteiger charge is 2.29. The van der Waals surface area contributed by atoms with Gasteiger partial charge in [-0.2, -0.15) is 5.10 Å². The fraction of sp³-hybridized carbons (Fsp3) is 0.318. The minimum Gasteiger partial charge on any atom is -0.493 e. The molecule has 3 heteroatoms. The smallest absolute Gasteiger partial charge is 0.218 e. The van der Waals surface area contributed by atoms with Crippen LogP contribution < -0.4 is 0 Å². The first kappa shape index (κ1) is 17.3. The quantitative estimate of drug-likeness (QED) is 0.675. The van der Waals surface area contributed by atoms with Crippen molar-refractivity contribution in [1.82, 2.24) is 9.78 Å². The Morgan fingerprint density at radius 1 is 0.880 bits per heavy atom. The molecule has 2 aromatic carbocycles. The van der Waals surface area contributed by atoms with Crippen LogP contribution in [0.1, 0.15) is 43.0 Å². The first-order chi connectivity index (χ1) is 11.7. The third-order valence-corrected chi connectivity index (χ3v) is 4.75. The molecule has 0 radical (unpaired) electrons. The molecular formula is C22H26N2O. The SMILES string of the molecule is Cc1ccc(-n2nc(-c3ccccc3C)c(C(C)(C)C)c2O)cc1C. The summed E-state index contributed by atoms with van der Waals surface area (Å²) in [5.74, 6) is 0.217. The van der Waals surface area contributed by atoms with Gasteiger partial charge in [0.1, 0.15) is 5.69 Å². The predicted molar refractivity (Wildman–Crippen MR) is 104 cm³/mol. The second-order valence-electron chi connectivity index (χ2n) is 7.79. The molecule has 3 nitrogen and oxygen atoms in total. The van der Waals surface area contributed by atoms with E-state index in [1.165, 1.54) is 11.1 Å². The normalized spacial score (nSPS) is 11.8. The number of hydrogen-bond donors (Lipinski definition) is 1. The lowest BCUT2D eigenvalue weighted by Gasteiger charge is -2.19. The minimum absolute atomic E-state index is 0.217. The molecule has 3 aromatic rings. The van der Waals surface area contributed by atoms with Crippen LogP contribution in [-0.4, -0.2) is 14.9 Å². The molecule has 0 bridgehead atoms. The van der Waals surface area contributed by atoms with E-state index in [-0.39, 0.29) is 11.3 Å². The molecule has 0 atom stereocenters. The maximum Gasteiger partial charge on any atom is 0.218 e. The van der Waals surface area contributed by atoms with Crippen molar-refractivity contribution in [2.75, 3.05) is 0 Å². The van der Waals surface area contributed by atoms with E-state index in [1.807, 2.05) is 18.2 Å². The molecule has 0 saturated heterocycles. The number of benzene rings is 2. The zero-order valence-electron chi connectivity index (χ0n) is 15.9. The average Bonchev–Trinajstić information content (AvgIpc) is 2.88. The monoisotopic (exact) mass is 334 g/mol. The van der Waals surface area contributed by atoms with E-state index >= 15 is 0 Å². The number of rotatable bonds is 2. The van der Waals surface area contributed by atoms with Crippen molar-refractivity contribution in [2.45, 2.75) is 47.0 Å². The van der Waals surface area contributed by atoms with Crippen LogP contribution in [-0.2, 0) is 5.41 Å². The minimum atomic E-state index is -0.223. The fourth-order valence-corrected chi connectivity index (χ4v) is 3.16. The van der Waals surface area contributed by atoms with Gasteiger partial charge < -0.3 is 5.11 Å². The molecule has 0 fully saturated rings. The molecule has 0 aliphatic rings. The third-order valence-electron chi connectivity index (χ3n) is 4.75. The zero-order valence-corrected chi connectivity index (χ0v) is 15.9.